The van der Waals surface area contributed by atoms with Crippen LogP contribution in [0, 0.1) is 5.92 Å². The van der Waals surface area contributed by atoms with Gasteiger partial charge in [0.25, 0.3) is 11.9 Å². The minimum atomic E-state index is -1.04. The van der Waals surface area contributed by atoms with Crippen molar-refractivity contribution in [3.8, 4) is 11.1 Å². The lowest BCUT2D eigenvalue weighted by Crippen LogP contribution is -2.41. The topological polar surface area (TPSA) is 144 Å². The number of carbonyl (C=O) groups excluding carboxylic acids is 1. The van der Waals surface area contributed by atoms with Gasteiger partial charge in [-0.25, -0.2) is 9.78 Å². The third-order valence-corrected chi connectivity index (χ3v) is 5.69. The summed E-state index contributed by atoms with van der Waals surface area (Å²) in [4.78, 5) is 41.2. The number of rotatable bonds is 9. The summed E-state index contributed by atoms with van der Waals surface area (Å²) in [5.74, 6) is -2.14. The SMILES string of the molecule is CC(=O)O.CC(C)C[C@H](NC(=O)c1ccc(NCc2cnc[nH]2)cc1-c1cccc2ccccc12)C(=O)O. The van der Waals surface area contributed by atoms with Crippen molar-refractivity contribution in [1.29, 1.82) is 0 Å². The zero-order chi connectivity index (χ0) is 27.7. The van der Waals surface area contributed by atoms with Gasteiger partial charge in [-0.1, -0.05) is 56.3 Å². The van der Waals surface area contributed by atoms with Gasteiger partial charge >= 0.3 is 5.97 Å². The highest BCUT2D eigenvalue weighted by Crippen LogP contribution is 2.33. The van der Waals surface area contributed by atoms with Crippen LogP contribution >= 0.6 is 0 Å². The van der Waals surface area contributed by atoms with Crippen LogP contribution in [0.3, 0.4) is 0 Å². The first-order chi connectivity index (χ1) is 18.2. The summed E-state index contributed by atoms with van der Waals surface area (Å²) < 4.78 is 0. The summed E-state index contributed by atoms with van der Waals surface area (Å²) in [7, 11) is 0. The number of anilines is 1. The van der Waals surface area contributed by atoms with Crippen molar-refractivity contribution in [1.82, 2.24) is 15.3 Å². The van der Waals surface area contributed by atoms with Gasteiger partial charge in [0.05, 0.1) is 18.6 Å². The van der Waals surface area contributed by atoms with Crippen molar-refractivity contribution in [3.63, 3.8) is 0 Å². The molecule has 1 heterocycles. The number of fused-ring (bicyclic) bond motifs is 1. The third kappa shape index (κ3) is 7.67. The second-order valence-electron chi connectivity index (χ2n) is 9.23. The van der Waals surface area contributed by atoms with Crippen LogP contribution in [0.15, 0.2) is 73.2 Å². The molecule has 0 bridgehead atoms. The Bertz CT molecular complexity index is 1390. The highest BCUT2D eigenvalue weighted by atomic mass is 16.4. The van der Waals surface area contributed by atoms with E-state index in [0.717, 1.165) is 40.2 Å². The maximum atomic E-state index is 13.3. The van der Waals surface area contributed by atoms with Crippen molar-refractivity contribution in [3.05, 3.63) is 84.4 Å². The van der Waals surface area contributed by atoms with Gasteiger partial charge in [0.2, 0.25) is 0 Å². The van der Waals surface area contributed by atoms with Crippen LogP contribution in [0.1, 0.15) is 43.2 Å². The van der Waals surface area contributed by atoms with Gasteiger partial charge in [-0.3, -0.25) is 9.59 Å². The summed E-state index contributed by atoms with van der Waals surface area (Å²) in [6, 6.07) is 18.5. The zero-order valence-corrected chi connectivity index (χ0v) is 21.6. The van der Waals surface area contributed by atoms with E-state index in [2.05, 4.69) is 20.6 Å². The molecule has 0 fully saturated rings. The Morgan fingerprint density at radius 1 is 0.974 bits per heavy atom. The van der Waals surface area contributed by atoms with Crippen molar-refractivity contribution in [2.24, 2.45) is 5.92 Å². The molecule has 4 aromatic rings. The predicted molar refractivity (Wildman–Crippen MR) is 147 cm³/mol. The Labute approximate surface area is 220 Å². The molecule has 9 nitrogen and oxygen atoms in total. The first-order valence-electron chi connectivity index (χ1n) is 12.2. The van der Waals surface area contributed by atoms with E-state index in [-0.39, 0.29) is 5.92 Å². The van der Waals surface area contributed by atoms with E-state index in [1.807, 2.05) is 68.4 Å². The second kappa shape index (κ2) is 13.0. The molecule has 1 amide bonds. The van der Waals surface area contributed by atoms with Crippen LogP contribution in [-0.2, 0) is 16.1 Å². The number of aliphatic carboxylic acids is 2. The lowest BCUT2D eigenvalue weighted by molar-refractivity contribution is -0.139. The molecule has 0 spiro atoms. The molecule has 5 N–H and O–H groups in total. The molecule has 198 valence electrons. The van der Waals surface area contributed by atoms with Crippen LogP contribution in [0.5, 0.6) is 0 Å². The van der Waals surface area contributed by atoms with Gasteiger partial charge in [-0.05, 0) is 52.4 Å². The molecule has 0 unspecified atom stereocenters. The van der Waals surface area contributed by atoms with E-state index in [1.54, 1.807) is 18.6 Å². The monoisotopic (exact) mass is 516 g/mol. The van der Waals surface area contributed by atoms with E-state index in [9.17, 15) is 14.7 Å². The fourth-order valence-electron chi connectivity index (χ4n) is 4.04. The Hall–Kier alpha value is -4.66. The molecule has 38 heavy (non-hydrogen) atoms. The highest BCUT2D eigenvalue weighted by Gasteiger charge is 2.24. The number of carbonyl (C=O) groups is 3. The van der Waals surface area contributed by atoms with Crippen molar-refractivity contribution < 1.29 is 24.6 Å². The molecule has 3 aromatic carbocycles. The number of hydrogen-bond donors (Lipinski definition) is 5. The summed E-state index contributed by atoms with van der Waals surface area (Å²) >= 11 is 0. The number of amides is 1. The van der Waals surface area contributed by atoms with E-state index >= 15 is 0 Å². The number of aromatic nitrogens is 2. The van der Waals surface area contributed by atoms with E-state index < -0.39 is 23.9 Å². The number of imidazole rings is 1. The summed E-state index contributed by atoms with van der Waals surface area (Å²) in [6.07, 6.45) is 3.73. The van der Waals surface area contributed by atoms with Crippen LogP contribution in [-0.4, -0.2) is 44.1 Å². The highest BCUT2D eigenvalue weighted by molar-refractivity contribution is 6.07. The molecule has 0 saturated carbocycles. The van der Waals surface area contributed by atoms with E-state index in [1.165, 1.54) is 0 Å². The maximum Gasteiger partial charge on any atom is 0.326 e. The number of hydrogen-bond acceptors (Lipinski definition) is 5. The Morgan fingerprint density at radius 3 is 2.34 bits per heavy atom. The first-order valence-corrected chi connectivity index (χ1v) is 12.2. The minimum absolute atomic E-state index is 0.132. The van der Waals surface area contributed by atoms with Crippen LogP contribution in [0.2, 0.25) is 0 Å². The van der Waals surface area contributed by atoms with Gasteiger partial charge in [0.15, 0.2) is 0 Å². The number of carboxylic acid groups (broad SMARTS) is 2. The van der Waals surface area contributed by atoms with Crippen molar-refractivity contribution in [2.45, 2.75) is 39.8 Å². The molecule has 0 saturated heterocycles. The van der Waals surface area contributed by atoms with E-state index in [0.29, 0.717) is 18.5 Å². The first kappa shape index (κ1) is 27.9. The average Bonchev–Trinajstić information content (AvgIpc) is 3.40. The van der Waals surface area contributed by atoms with Gasteiger partial charge in [-0.15, -0.1) is 0 Å². The Morgan fingerprint density at radius 2 is 1.68 bits per heavy atom. The summed E-state index contributed by atoms with van der Waals surface area (Å²) in [5.41, 5.74) is 3.85. The summed E-state index contributed by atoms with van der Waals surface area (Å²) in [5, 5.41) is 25.2. The second-order valence-corrected chi connectivity index (χ2v) is 9.23. The third-order valence-electron chi connectivity index (χ3n) is 5.69. The number of nitrogens with zero attached hydrogens (tertiary/aromatic N) is 1. The molecule has 1 aromatic heterocycles. The molecular weight excluding hydrogens is 484 g/mol. The number of carboxylic acids is 2. The normalized spacial score (nSPS) is 11.4. The number of H-pyrrole nitrogens is 1. The average molecular weight is 517 g/mol. The van der Waals surface area contributed by atoms with Crippen LogP contribution < -0.4 is 10.6 Å². The number of benzene rings is 3. The molecule has 0 radical (unpaired) electrons. The summed E-state index contributed by atoms with van der Waals surface area (Å²) in [6.45, 7) is 5.50. The van der Waals surface area contributed by atoms with Gasteiger partial charge < -0.3 is 25.8 Å². The lowest BCUT2D eigenvalue weighted by Gasteiger charge is -2.19. The fraction of sp³-hybridized carbons (Fsp3) is 0.241. The minimum Gasteiger partial charge on any atom is -0.481 e. The van der Waals surface area contributed by atoms with E-state index in [4.69, 9.17) is 9.90 Å². The molecule has 9 heteroatoms. The van der Waals surface area contributed by atoms with Gasteiger partial charge in [-0.2, -0.15) is 0 Å². The smallest absolute Gasteiger partial charge is 0.326 e. The molecule has 0 aliphatic carbocycles. The van der Waals surface area contributed by atoms with Crippen LogP contribution in [0.4, 0.5) is 5.69 Å². The van der Waals surface area contributed by atoms with Gasteiger partial charge in [0.1, 0.15) is 6.04 Å². The fourth-order valence-corrected chi connectivity index (χ4v) is 4.04. The Balaban J connectivity index is 0.000000934. The van der Waals surface area contributed by atoms with Crippen molar-refractivity contribution in [2.75, 3.05) is 5.32 Å². The molecule has 1 atom stereocenters. The lowest BCUT2D eigenvalue weighted by atomic mass is 9.93. The number of nitrogens with one attached hydrogen (secondary N) is 3. The maximum absolute atomic E-state index is 13.3. The van der Waals surface area contributed by atoms with Crippen molar-refractivity contribution >= 4 is 34.3 Å². The zero-order valence-electron chi connectivity index (χ0n) is 21.6. The standard InChI is InChI=1S/C27H28N4O3.C2H4O2/c1-17(2)12-25(27(33)34)31-26(32)23-11-10-19(29-15-20-14-28-16-30-20)13-24(23)22-9-5-7-18-6-3-4-8-21(18)22;1-2(3)4/h3-11,13-14,16-17,25,29H,12,15H2,1-2H3,(H,28,30)(H,31,32)(H,33,34);1H3,(H,3,4)/t25-;/m0./s1. The quantitative estimate of drug-likeness (QED) is 0.207. The predicted octanol–water partition coefficient (Wildman–Crippen LogP) is 5.16. The Kier molecular flexibility index (Phi) is 9.59. The molecular formula is C29H32N4O5. The largest absolute Gasteiger partial charge is 0.481 e. The number of aromatic amines is 1. The molecule has 0 aliphatic rings. The van der Waals surface area contributed by atoms with Gasteiger partial charge in [0, 0.05) is 24.4 Å². The molecule has 4 rings (SSSR count). The van der Waals surface area contributed by atoms with Crippen LogP contribution in [0.25, 0.3) is 21.9 Å². The molecule has 0 aliphatic heterocycles.